The maximum absolute atomic E-state index is 12.1. The molecule has 102 valence electrons. The van der Waals surface area contributed by atoms with E-state index in [4.69, 9.17) is 4.74 Å². The van der Waals surface area contributed by atoms with Crippen LogP contribution in [-0.4, -0.2) is 40.2 Å². The first-order valence-electron chi connectivity index (χ1n) is 6.35. The number of aromatic amines is 1. The normalized spacial score (nSPS) is 21.5. The molecule has 1 aromatic rings. The molecule has 3 heterocycles. The third-order valence-electron chi connectivity index (χ3n) is 3.45. The second-order valence-corrected chi connectivity index (χ2v) is 4.94. The fourth-order valence-corrected chi connectivity index (χ4v) is 2.45. The minimum Gasteiger partial charge on any atom is -0.379 e. The number of rotatable bonds is 1. The van der Waals surface area contributed by atoms with Crippen molar-refractivity contribution in [3.05, 3.63) is 27.4 Å². The molecule has 0 aliphatic carbocycles. The van der Waals surface area contributed by atoms with Crippen molar-refractivity contribution in [1.82, 2.24) is 20.2 Å². The van der Waals surface area contributed by atoms with Gasteiger partial charge in [-0.05, 0) is 13.3 Å². The topological polar surface area (TPSA) is 87.3 Å². The lowest BCUT2D eigenvalue weighted by atomic mass is 10.3. The van der Waals surface area contributed by atoms with Gasteiger partial charge in [0.25, 0.3) is 5.56 Å². The molecule has 0 radical (unpaired) electrons. The third kappa shape index (κ3) is 2.33. The van der Waals surface area contributed by atoms with Crippen molar-refractivity contribution in [3.63, 3.8) is 0 Å². The van der Waals surface area contributed by atoms with Crippen molar-refractivity contribution in [2.24, 2.45) is 0 Å². The second kappa shape index (κ2) is 4.65. The Kier molecular flexibility index (Phi) is 2.98. The van der Waals surface area contributed by atoms with Gasteiger partial charge in [0, 0.05) is 6.61 Å². The number of carbonyl (C=O) groups is 1. The SMILES string of the molecule is Cc1nc2c(c(=O)[nH]1)CN(C(=O)N[C@@H]1CCOC1)C2. The van der Waals surface area contributed by atoms with E-state index in [2.05, 4.69) is 15.3 Å². The van der Waals surface area contributed by atoms with Crippen LogP contribution in [0.5, 0.6) is 0 Å². The summed E-state index contributed by atoms with van der Waals surface area (Å²) in [5.74, 6) is 0.579. The lowest BCUT2D eigenvalue weighted by molar-refractivity contribution is 0.178. The summed E-state index contributed by atoms with van der Waals surface area (Å²) in [6, 6.07) is -0.0882. The average molecular weight is 264 g/mol. The highest BCUT2D eigenvalue weighted by Gasteiger charge is 2.29. The second-order valence-electron chi connectivity index (χ2n) is 4.94. The molecule has 0 aromatic carbocycles. The van der Waals surface area contributed by atoms with Gasteiger partial charge in [-0.3, -0.25) is 4.79 Å². The average Bonchev–Trinajstić information content (AvgIpc) is 2.97. The zero-order valence-electron chi connectivity index (χ0n) is 10.7. The Balaban J connectivity index is 1.71. The molecule has 19 heavy (non-hydrogen) atoms. The molecular formula is C12H16N4O3. The van der Waals surface area contributed by atoms with Crippen LogP contribution < -0.4 is 10.9 Å². The van der Waals surface area contributed by atoms with Crippen LogP contribution in [0.2, 0.25) is 0 Å². The predicted molar refractivity (Wildman–Crippen MR) is 66.6 cm³/mol. The summed E-state index contributed by atoms with van der Waals surface area (Å²) in [6.45, 7) is 3.69. The van der Waals surface area contributed by atoms with Crippen LogP contribution in [0, 0.1) is 6.92 Å². The quantitative estimate of drug-likeness (QED) is 0.741. The van der Waals surface area contributed by atoms with Gasteiger partial charge in [0.1, 0.15) is 5.82 Å². The molecule has 2 N–H and O–H groups in total. The van der Waals surface area contributed by atoms with Gasteiger partial charge in [-0.1, -0.05) is 0 Å². The van der Waals surface area contributed by atoms with Crippen LogP contribution in [0.4, 0.5) is 4.79 Å². The summed E-state index contributed by atoms with van der Waals surface area (Å²) in [5.41, 5.74) is 1.13. The Morgan fingerprint density at radius 2 is 2.37 bits per heavy atom. The molecule has 2 amide bonds. The van der Waals surface area contributed by atoms with E-state index >= 15 is 0 Å². The van der Waals surface area contributed by atoms with Crippen molar-refractivity contribution in [2.75, 3.05) is 13.2 Å². The molecule has 1 saturated heterocycles. The van der Waals surface area contributed by atoms with Crippen LogP contribution in [-0.2, 0) is 17.8 Å². The molecule has 0 unspecified atom stereocenters. The number of aryl methyl sites for hydroxylation is 1. The minimum absolute atomic E-state index is 0.0733. The highest BCUT2D eigenvalue weighted by atomic mass is 16.5. The number of hydrogen-bond donors (Lipinski definition) is 2. The Hall–Kier alpha value is -1.89. The van der Waals surface area contributed by atoms with E-state index in [1.165, 1.54) is 0 Å². The largest absolute Gasteiger partial charge is 0.379 e. The van der Waals surface area contributed by atoms with Gasteiger partial charge in [-0.15, -0.1) is 0 Å². The number of H-pyrrole nitrogens is 1. The van der Waals surface area contributed by atoms with E-state index in [0.29, 0.717) is 43.4 Å². The Morgan fingerprint density at radius 1 is 1.53 bits per heavy atom. The lowest BCUT2D eigenvalue weighted by Crippen LogP contribution is -2.43. The van der Waals surface area contributed by atoms with E-state index < -0.39 is 0 Å². The number of nitrogens with one attached hydrogen (secondary N) is 2. The van der Waals surface area contributed by atoms with Gasteiger partial charge in [-0.25, -0.2) is 9.78 Å². The predicted octanol–water partition coefficient (Wildman–Crippen LogP) is -0.108. The number of fused-ring (bicyclic) bond motifs is 1. The molecule has 0 bridgehead atoms. The standard InChI is InChI=1S/C12H16N4O3/c1-7-13-10-5-16(4-9(10)11(17)14-7)12(18)15-8-2-3-19-6-8/h8H,2-6H2,1H3,(H,15,18)(H,13,14,17)/t8-/m1/s1. The van der Waals surface area contributed by atoms with Crippen molar-refractivity contribution in [1.29, 1.82) is 0 Å². The van der Waals surface area contributed by atoms with Gasteiger partial charge >= 0.3 is 6.03 Å². The molecule has 0 spiro atoms. The number of nitrogens with zero attached hydrogens (tertiary/aromatic N) is 2. The maximum atomic E-state index is 12.1. The summed E-state index contributed by atoms with van der Waals surface area (Å²) in [7, 11) is 0. The minimum atomic E-state index is -0.162. The van der Waals surface area contributed by atoms with Crippen LogP contribution in [0.3, 0.4) is 0 Å². The number of carbonyl (C=O) groups excluding carboxylic acids is 1. The van der Waals surface area contributed by atoms with Gasteiger partial charge in [-0.2, -0.15) is 0 Å². The van der Waals surface area contributed by atoms with Crippen LogP contribution in [0.15, 0.2) is 4.79 Å². The summed E-state index contributed by atoms with van der Waals surface area (Å²) in [6.07, 6.45) is 0.838. The van der Waals surface area contributed by atoms with E-state index in [9.17, 15) is 9.59 Å². The highest BCUT2D eigenvalue weighted by molar-refractivity contribution is 5.75. The third-order valence-corrected chi connectivity index (χ3v) is 3.45. The first-order valence-corrected chi connectivity index (χ1v) is 6.35. The zero-order valence-corrected chi connectivity index (χ0v) is 10.7. The van der Waals surface area contributed by atoms with Crippen molar-refractivity contribution in [2.45, 2.75) is 32.5 Å². The number of hydrogen-bond acceptors (Lipinski definition) is 4. The van der Waals surface area contributed by atoms with Crippen LogP contribution in [0.25, 0.3) is 0 Å². The molecule has 0 saturated carbocycles. The molecule has 3 rings (SSSR count). The molecule has 2 aliphatic heterocycles. The van der Waals surface area contributed by atoms with Crippen molar-refractivity contribution < 1.29 is 9.53 Å². The number of amides is 2. The smallest absolute Gasteiger partial charge is 0.318 e. The van der Waals surface area contributed by atoms with Gasteiger partial charge in [0.15, 0.2) is 0 Å². The highest BCUT2D eigenvalue weighted by Crippen LogP contribution is 2.17. The summed E-state index contributed by atoms with van der Waals surface area (Å²) >= 11 is 0. The number of ether oxygens (including phenoxy) is 1. The first kappa shape index (κ1) is 12.2. The fourth-order valence-electron chi connectivity index (χ4n) is 2.45. The van der Waals surface area contributed by atoms with Crippen molar-refractivity contribution in [3.8, 4) is 0 Å². The molecule has 1 aromatic heterocycles. The number of aromatic nitrogens is 2. The van der Waals surface area contributed by atoms with Gasteiger partial charge in [0.05, 0.1) is 37.0 Å². The Bertz CT molecular complexity index is 563. The Labute approximate surface area is 110 Å². The van der Waals surface area contributed by atoms with Crippen LogP contribution >= 0.6 is 0 Å². The summed E-state index contributed by atoms with van der Waals surface area (Å²) < 4.78 is 5.22. The molecule has 1 atom stereocenters. The molecule has 7 nitrogen and oxygen atoms in total. The molecule has 2 aliphatic rings. The fraction of sp³-hybridized carbons (Fsp3) is 0.583. The zero-order chi connectivity index (χ0) is 13.4. The molecular weight excluding hydrogens is 248 g/mol. The summed E-state index contributed by atoms with van der Waals surface area (Å²) in [5, 5.41) is 2.91. The van der Waals surface area contributed by atoms with E-state index in [-0.39, 0.29) is 17.6 Å². The Morgan fingerprint density at radius 3 is 3.11 bits per heavy atom. The molecule has 1 fully saturated rings. The summed E-state index contributed by atoms with van der Waals surface area (Å²) in [4.78, 5) is 32.4. The van der Waals surface area contributed by atoms with Gasteiger partial charge < -0.3 is 19.9 Å². The lowest BCUT2D eigenvalue weighted by Gasteiger charge is -2.18. The number of urea groups is 1. The van der Waals surface area contributed by atoms with Crippen molar-refractivity contribution >= 4 is 6.03 Å². The first-order chi connectivity index (χ1) is 9.13. The van der Waals surface area contributed by atoms with Crippen LogP contribution in [0.1, 0.15) is 23.5 Å². The van der Waals surface area contributed by atoms with Gasteiger partial charge in [0.2, 0.25) is 0 Å². The maximum Gasteiger partial charge on any atom is 0.318 e. The van der Waals surface area contributed by atoms with E-state index in [0.717, 1.165) is 6.42 Å². The van der Waals surface area contributed by atoms with E-state index in [1.807, 2.05) is 0 Å². The molecule has 7 heteroatoms. The van der Waals surface area contributed by atoms with E-state index in [1.54, 1.807) is 11.8 Å². The monoisotopic (exact) mass is 264 g/mol.